The van der Waals surface area contributed by atoms with Gasteiger partial charge in [-0.15, -0.1) is 0 Å². The third-order valence-corrected chi connectivity index (χ3v) is 6.69. The van der Waals surface area contributed by atoms with Crippen LogP contribution in [0.4, 0.5) is 5.95 Å². The van der Waals surface area contributed by atoms with E-state index in [-0.39, 0.29) is 29.7 Å². The Balaban J connectivity index is 1.48. The van der Waals surface area contributed by atoms with Crippen LogP contribution in [0.5, 0.6) is 5.75 Å². The summed E-state index contributed by atoms with van der Waals surface area (Å²) in [5, 5.41) is 21.3. The first-order valence-corrected chi connectivity index (χ1v) is 11.8. The van der Waals surface area contributed by atoms with E-state index in [1.807, 2.05) is 25.1 Å². The van der Waals surface area contributed by atoms with Crippen molar-refractivity contribution < 1.29 is 19.8 Å². The Morgan fingerprint density at radius 1 is 1.03 bits per heavy atom. The van der Waals surface area contributed by atoms with Crippen LogP contribution in [-0.2, 0) is 11.2 Å². The molecule has 0 aliphatic carbocycles. The number of imidazole rings is 2. The van der Waals surface area contributed by atoms with E-state index in [0.29, 0.717) is 33.5 Å². The first-order chi connectivity index (χ1) is 18.3. The average Bonchev–Trinajstić information content (AvgIpc) is 3.66. The Bertz CT molecular complexity index is 1860. The second-order valence-corrected chi connectivity index (χ2v) is 9.24. The fourth-order valence-corrected chi connectivity index (χ4v) is 4.82. The van der Waals surface area contributed by atoms with Crippen LogP contribution in [0.2, 0.25) is 0 Å². The number of nitrogens with zero attached hydrogens (tertiary/aromatic N) is 2. The van der Waals surface area contributed by atoms with Crippen molar-refractivity contribution in [3.63, 3.8) is 0 Å². The Labute approximate surface area is 214 Å². The standard InChI is InChI=1S/C27H23N7O4/c1-12-2-4-14-17(9-29-19(14)6-12)23-21(8-16(26(37)38)22-11-31-27(28)33-22)32-25(34-23)24(36)18-10-30-20-7-13(35)3-5-15(18)20/h2-7,9-11,16,29-30,35H,8H2,1H3,(H,32,34)(H,37,38)(H3,28,31,33). The van der Waals surface area contributed by atoms with Gasteiger partial charge in [0.25, 0.3) is 0 Å². The maximum atomic E-state index is 13.6. The number of aromatic hydroxyl groups is 1. The second kappa shape index (κ2) is 8.66. The van der Waals surface area contributed by atoms with Crippen LogP contribution < -0.4 is 5.73 Å². The molecule has 0 fully saturated rings. The highest BCUT2D eigenvalue weighted by atomic mass is 16.4. The minimum Gasteiger partial charge on any atom is -0.508 e. The molecule has 4 heterocycles. The highest BCUT2D eigenvalue weighted by molar-refractivity contribution is 6.15. The number of nitrogens with one attached hydrogen (secondary N) is 4. The van der Waals surface area contributed by atoms with Crippen molar-refractivity contribution in [2.24, 2.45) is 0 Å². The molecule has 1 atom stereocenters. The molecule has 6 aromatic rings. The van der Waals surface area contributed by atoms with Gasteiger partial charge in [-0.2, -0.15) is 0 Å². The molecule has 11 heteroatoms. The molecule has 1 unspecified atom stereocenters. The van der Waals surface area contributed by atoms with Crippen LogP contribution in [0.25, 0.3) is 33.1 Å². The van der Waals surface area contributed by atoms with Crippen LogP contribution in [0.3, 0.4) is 0 Å². The zero-order valence-electron chi connectivity index (χ0n) is 20.2. The molecule has 0 bridgehead atoms. The summed E-state index contributed by atoms with van der Waals surface area (Å²) in [6.07, 6.45) is 4.77. The lowest BCUT2D eigenvalue weighted by molar-refractivity contribution is -0.138. The smallest absolute Gasteiger partial charge is 0.312 e. The average molecular weight is 510 g/mol. The van der Waals surface area contributed by atoms with E-state index in [2.05, 4.69) is 29.9 Å². The maximum absolute atomic E-state index is 13.6. The molecule has 6 rings (SSSR count). The van der Waals surface area contributed by atoms with Gasteiger partial charge in [0.1, 0.15) is 11.7 Å². The van der Waals surface area contributed by atoms with Gasteiger partial charge < -0.3 is 35.9 Å². The number of aromatic amines is 4. The number of aromatic nitrogens is 6. The van der Waals surface area contributed by atoms with Crippen molar-refractivity contribution in [1.29, 1.82) is 0 Å². The Hall–Kier alpha value is -5.32. The molecule has 4 aromatic heterocycles. The Morgan fingerprint density at radius 3 is 2.55 bits per heavy atom. The number of benzene rings is 2. The van der Waals surface area contributed by atoms with Crippen LogP contribution in [0.1, 0.15) is 39.1 Å². The maximum Gasteiger partial charge on any atom is 0.312 e. The molecule has 8 N–H and O–H groups in total. The van der Waals surface area contributed by atoms with E-state index in [1.54, 1.807) is 18.5 Å². The van der Waals surface area contributed by atoms with Gasteiger partial charge in [0.2, 0.25) is 5.78 Å². The number of aliphatic carboxylic acids is 1. The number of aryl methyl sites for hydroxylation is 1. The molecule has 11 nitrogen and oxygen atoms in total. The minimum absolute atomic E-state index is 0.00682. The van der Waals surface area contributed by atoms with Gasteiger partial charge in [-0.3, -0.25) is 9.59 Å². The number of phenols is 1. The third-order valence-electron chi connectivity index (χ3n) is 6.69. The Morgan fingerprint density at radius 2 is 1.79 bits per heavy atom. The van der Waals surface area contributed by atoms with Crippen LogP contribution >= 0.6 is 0 Å². The van der Waals surface area contributed by atoms with Crippen molar-refractivity contribution >= 4 is 39.5 Å². The van der Waals surface area contributed by atoms with Gasteiger partial charge in [0, 0.05) is 57.9 Å². The van der Waals surface area contributed by atoms with E-state index >= 15 is 0 Å². The summed E-state index contributed by atoms with van der Waals surface area (Å²) in [7, 11) is 0. The third kappa shape index (κ3) is 3.86. The molecule has 0 amide bonds. The summed E-state index contributed by atoms with van der Waals surface area (Å²) >= 11 is 0. The topological polar surface area (TPSA) is 190 Å². The number of hydrogen-bond acceptors (Lipinski definition) is 6. The number of nitrogens with two attached hydrogens (primary N) is 1. The van der Waals surface area contributed by atoms with E-state index in [9.17, 15) is 19.8 Å². The monoisotopic (exact) mass is 509 g/mol. The van der Waals surface area contributed by atoms with Gasteiger partial charge in [-0.25, -0.2) is 9.97 Å². The quantitative estimate of drug-likeness (QED) is 0.158. The predicted octanol–water partition coefficient (Wildman–Crippen LogP) is 4.00. The number of ketones is 1. The highest BCUT2D eigenvalue weighted by Crippen LogP contribution is 2.34. The van der Waals surface area contributed by atoms with E-state index in [4.69, 9.17) is 5.73 Å². The summed E-state index contributed by atoms with van der Waals surface area (Å²) in [4.78, 5) is 46.6. The number of anilines is 1. The van der Waals surface area contributed by atoms with Gasteiger partial charge in [0.05, 0.1) is 23.1 Å². The SMILES string of the molecule is Cc1ccc2c(-c3nc(C(=O)c4c[nH]c5cc(O)ccc45)[nH]c3CC(C(=O)O)c3cnc(N)[nH]3)c[nH]c2c1. The largest absolute Gasteiger partial charge is 0.508 e. The number of fused-ring (bicyclic) bond motifs is 2. The van der Waals surface area contributed by atoms with Crippen LogP contribution in [-0.4, -0.2) is 51.9 Å². The molecular weight excluding hydrogens is 486 g/mol. The van der Waals surface area contributed by atoms with E-state index in [0.717, 1.165) is 22.0 Å². The van der Waals surface area contributed by atoms with Gasteiger partial charge in [0.15, 0.2) is 11.8 Å². The zero-order chi connectivity index (χ0) is 26.6. The van der Waals surface area contributed by atoms with Crippen molar-refractivity contribution in [3.8, 4) is 17.0 Å². The summed E-state index contributed by atoms with van der Waals surface area (Å²) in [6.45, 7) is 1.99. The number of nitrogen functional groups attached to an aromatic ring is 1. The zero-order valence-corrected chi connectivity index (χ0v) is 20.2. The fraction of sp³-hybridized carbons (Fsp3) is 0.111. The van der Waals surface area contributed by atoms with Crippen molar-refractivity contribution in [2.45, 2.75) is 19.3 Å². The number of phenolic OH excluding ortho intramolecular Hbond substituents is 1. The van der Waals surface area contributed by atoms with E-state index < -0.39 is 11.9 Å². The van der Waals surface area contributed by atoms with Gasteiger partial charge in [-0.05, 0) is 30.7 Å². The predicted molar refractivity (Wildman–Crippen MR) is 141 cm³/mol. The molecule has 190 valence electrons. The first-order valence-electron chi connectivity index (χ1n) is 11.8. The number of hydrogen-bond donors (Lipinski definition) is 7. The molecule has 0 aliphatic heterocycles. The number of H-pyrrole nitrogens is 4. The summed E-state index contributed by atoms with van der Waals surface area (Å²) < 4.78 is 0. The number of carbonyl (C=O) groups excluding carboxylic acids is 1. The van der Waals surface area contributed by atoms with Crippen molar-refractivity contribution in [2.75, 3.05) is 5.73 Å². The molecular formula is C27H23N7O4. The lowest BCUT2D eigenvalue weighted by Gasteiger charge is -2.10. The number of carboxylic acid groups (broad SMARTS) is 1. The molecule has 0 aliphatic rings. The summed E-state index contributed by atoms with van der Waals surface area (Å²) in [6, 6.07) is 10.6. The normalized spacial score (nSPS) is 12.3. The molecule has 0 spiro atoms. The lowest BCUT2D eigenvalue weighted by Crippen LogP contribution is -2.16. The van der Waals surface area contributed by atoms with E-state index in [1.165, 1.54) is 18.3 Å². The van der Waals surface area contributed by atoms with Gasteiger partial charge in [-0.1, -0.05) is 12.1 Å². The first kappa shape index (κ1) is 23.1. The van der Waals surface area contributed by atoms with Crippen LogP contribution in [0, 0.1) is 6.92 Å². The molecule has 0 saturated heterocycles. The minimum atomic E-state index is -1.08. The molecule has 2 aromatic carbocycles. The van der Waals surface area contributed by atoms with Crippen molar-refractivity contribution in [3.05, 3.63) is 83.3 Å². The highest BCUT2D eigenvalue weighted by Gasteiger charge is 2.28. The number of carboxylic acids is 1. The fourth-order valence-electron chi connectivity index (χ4n) is 4.82. The lowest BCUT2D eigenvalue weighted by atomic mass is 9.97. The second-order valence-electron chi connectivity index (χ2n) is 9.24. The van der Waals surface area contributed by atoms with Crippen LogP contribution in [0.15, 0.2) is 55.0 Å². The van der Waals surface area contributed by atoms with Crippen molar-refractivity contribution in [1.82, 2.24) is 29.9 Å². The summed E-state index contributed by atoms with van der Waals surface area (Å²) in [5.74, 6) is -2.20. The summed E-state index contributed by atoms with van der Waals surface area (Å²) in [5.41, 5.74) is 10.7. The van der Waals surface area contributed by atoms with Gasteiger partial charge >= 0.3 is 5.97 Å². The number of rotatable bonds is 7. The Kier molecular flexibility index (Phi) is 5.26. The molecule has 0 saturated carbocycles. The molecule has 0 radical (unpaired) electrons. The number of carbonyl (C=O) groups is 2. The molecule has 38 heavy (non-hydrogen) atoms.